The summed E-state index contributed by atoms with van der Waals surface area (Å²) < 4.78 is 27.6. The summed E-state index contributed by atoms with van der Waals surface area (Å²) in [5.41, 5.74) is 6.55. The molecule has 8 nitrogen and oxygen atoms in total. The number of nitrogens with two attached hydrogens (primary N) is 1. The Morgan fingerprint density at radius 3 is 2.39 bits per heavy atom. The van der Waals surface area contributed by atoms with Crippen molar-refractivity contribution < 1.29 is 18.0 Å². The van der Waals surface area contributed by atoms with Crippen molar-refractivity contribution in [3.05, 3.63) is 54.1 Å². The van der Waals surface area contributed by atoms with Crippen molar-refractivity contribution in [2.75, 3.05) is 10.0 Å². The van der Waals surface area contributed by atoms with Gasteiger partial charge in [-0.25, -0.2) is 13.2 Å². The Balaban J connectivity index is 2.21. The minimum atomic E-state index is -3.76. The number of anilines is 2. The number of benzene rings is 2. The van der Waals surface area contributed by atoms with E-state index in [1.54, 1.807) is 37.3 Å². The maximum atomic E-state index is 12.5. The van der Waals surface area contributed by atoms with E-state index in [9.17, 15) is 18.0 Å². The third-order valence-electron chi connectivity index (χ3n) is 4.01. The fraction of sp³-hybridized carbons (Fsp3) is 0.263. The van der Waals surface area contributed by atoms with Crippen LogP contribution in [0.15, 0.2) is 53.4 Å². The molecular formula is C19H24N4O4S. The first-order valence-electron chi connectivity index (χ1n) is 8.78. The first-order chi connectivity index (χ1) is 13.2. The topological polar surface area (TPSA) is 130 Å². The number of hydrogen-bond donors (Lipinski definition) is 4. The second-order valence-corrected chi connectivity index (χ2v) is 7.97. The van der Waals surface area contributed by atoms with Crippen LogP contribution in [0.5, 0.6) is 0 Å². The lowest BCUT2D eigenvalue weighted by Gasteiger charge is -2.17. The molecular weight excluding hydrogens is 380 g/mol. The predicted octanol–water partition coefficient (Wildman–Crippen LogP) is 2.57. The Hall–Kier alpha value is -3.07. The van der Waals surface area contributed by atoms with Gasteiger partial charge in [-0.15, -0.1) is 0 Å². The molecule has 0 saturated carbocycles. The number of amides is 3. The first kappa shape index (κ1) is 21.2. The van der Waals surface area contributed by atoms with Gasteiger partial charge in [0, 0.05) is 5.69 Å². The Morgan fingerprint density at radius 1 is 1.11 bits per heavy atom. The second-order valence-electron chi connectivity index (χ2n) is 6.29. The van der Waals surface area contributed by atoms with Gasteiger partial charge in [0.05, 0.1) is 10.6 Å². The number of carbonyl (C=O) groups is 2. The second kappa shape index (κ2) is 9.23. The van der Waals surface area contributed by atoms with E-state index in [2.05, 4.69) is 15.4 Å². The fourth-order valence-corrected chi connectivity index (χ4v) is 3.71. The number of aryl methyl sites for hydroxylation is 1. The smallest absolute Gasteiger partial charge is 0.312 e. The van der Waals surface area contributed by atoms with Gasteiger partial charge in [-0.05, 0) is 43.2 Å². The molecule has 0 radical (unpaired) electrons. The van der Waals surface area contributed by atoms with Crippen molar-refractivity contribution in [2.24, 2.45) is 5.73 Å². The van der Waals surface area contributed by atoms with Crippen LogP contribution in [0.1, 0.15) is 25.3 Å². The summed E-state index contributed by atoms with van der Waals surface area (Å²) in [7, 11) is -3.76. The molecule has 0 heterocycles. The Morgan fingerprint density at radius 2 is 1.79 bits per heavy atom. The fourth-order valence-electron chi connectivity index (χ4n) is 2.57. The molecule has 0 aliphatic heterocycles. The lowest BCUT2D eigenvalue weighted by Crippen LogP contribution is -2.46. The van der Waals surface area contributed by atoms with Crippen LogP contribution in [-0.2, 0) is 14.8 Å². The van der Waals surface area contributed by atoms with Crippen LogP contribution in [-0.4, -0.2) is 26.4 Å². The average Bonchev–Trinajstić information content (AvgIpc) is 2.64. The third kappa shape index (κ3) is 5.71. The van der Waals surface area contributed by atoms with E-state index in [0.717, 1.165) is 0 Å². The molecule has 1 unspecified atom stereocenters. The number of nitrogens with one attached hydrogen (secondary N) is 3. The van der Waals surface area contributed by atoms with Gasteiger partial charge in [-0.3, -0.25) is 9.52 Å². The van der Waals surface area contributed by atoms with E-state index in [1.807, 2.05) is 6.92 Å². The highest BCUT2D eigenvalue weighted by Gasteiger charge is 2.20. The SMILES string of the molecule is CCCC(NC(N)=O)C(=O)Nc1ccc(C)c(NS(=O)(=O)c2ccccc2)c1. The monoisotopic (exact) mass is 404 g/mol. The van der Waals surface area contributed by atoms with E-state index in [-0.39, 0.29) is 4.90 Å². The van der Waals surface area contributed by atoms with E-state index >= 15 is 0 Å². The van der Waals surface area contributed by atoms with Crippen LogP contribution < -0.4 is 21.1 Å². The van der Waals surface area contributed by atoms with Crippen LogP contribution in [0.2, 0.25) is 0 Å². The molecule has 0 fully saturated rings. The number of carbonyl (C=O) groups excluding carboxylic acids is 2. The van der Waals surface area contributed by atoms with Crippen molar-refractivity contribution in [1.29, 1.82) is 0 Å². The Kier molecular flexibility index (Phi) is 7.00. The summed E-state index contributed by atoms with van der Waals surface area (Å²) in [6.07, 6.45) is 1.10. The highest BCUT2D eigenvalue weighted by Crippen LogP contribution is 2.24. The molecule has 0 aliphatic carbocycles. The number of hydrogen-bond acceptors (Lipinski definition) is 4. The number of primary amides is 1. The lowest BCUT2D eigenvalue weighted by atomic mass is 10.1. The summed E-state index contributed by atoms with van der Waals surface area (Å²) in [5.74, 6) is -0.429. The lowest BCUT2D eigenvalue weighted by molar-refractivity contribution is -0.118. The predicted molar refractivity (Wildman–Crippen MR) is 108 cm³/mol. The van der Waals surface area contributed by atoms with Crippen molar-refractivity contribution in [2.45, 2.75) is 37.6 Å². The number of sulfonamides is 1. The molecule has 3 amide bonds. The van der Waals surface area contributed by atoms with Gasteiger partial charge in [-0.2, -0.15) is 0 Å². The van der Waals surface area contributed by atoms with Crippen LogP contribution in [0.25, 0.3) is 0 Å². The summed E-state index contributed by atoms with van der Waals surface area (Å²) in [5, 5.41) is 5.08. The quantitative estimate of drug-likeness (QED) is 0.538. The molecule has 9 heteroatoms. The molecule has 1 atom stereocenters. The zero-order valence-corrected chi connectivity index (χ0v) is 16.5. The molecule has 0 aromatic heterocycles. The highest BCUT2D eigenvalue weighted by molar-refractivity contribution is 7.92. The minimum Gasteiger partial charge on any atom is -0.352 e. The minimum absolute atomic E-state index is 0.137. The van der Waals surface area contributed by atoms with E-state index < -0.39 is 28.0 Å². The highest BCUT2D eigenvalue weighted by atomic mass is 32.2. The Bertz CT molecular complexity index is 946. The van der Waals surface area contributed by atoms with Crippen molar-refractivity contribution in [1.82, 2.24) is 5.32 Å². The van der Waals surface area contributed by atoms with E-state index in [1.165, 1.54) is 18.2 Å². The summed E-state index contributed by atoms with van der Waals surface area (Å²) >= 11 is 0. The van der Waals surface area contributed by atoms with Gasteiger partial charge in [0.25, 0.3) is 10.0 Å². The van der Waals surface area contributed by atoms with E-state index in [0.29, 0.717) is 29.8 Å². The molecule has 0 spiro atoms. The number of urea groups is 1. The van der Waals surface area contributed by atoms with Gasteiger partial charge in [0.1, 0.15) is 6.04 Å². The Labute approximate surface area is 164 Å². The van der Waals surface area contributed by atoms with Crippen LogP contribution >= 0.6 is 0 Å². The molecule has 2 rings (SSSR count). The first-order valence-corrected chi connectivity index (χ1v) is 10.3. The van der Waals surface area contributed by atoms with E-state index in [4.69, 9.17) is 5.73 Å². The third-order valence-corrected chi connectivity index (χ3v) is 5.39. The van der Waals surface area contributed by atoms with Gasteiger partial charge in [0.2, 0.25) is 5.91 Å². The summed E-state index contributed by atoms with van der Waals surface area (Å²) in [4.78, 5) is 23.6. The van der Waals surface area contributed by atoms with Crippen LogP contribution in [0.3, 0.4) is 0 Å². The molecule has 0 saturated heterocycles. The molecule has 2 aromatic carbocycles. The molecule has 2 aromatic rings. The molecule has 0 bridgehead atoms. The zero-order valence-electron chi connectivity index (χ0n) is 15.7. The van der Waals surface area contributed by atoms with Crippen LogP contribution in [0, 0.1) is 6.92 Å². The molecule has 5 N–H and O–H groups in total. The maximum Gasteiger partial charge on any atom is 0.312 e. The van der Waals surface area contributed by atoms with Gasteiger partial charge < -0.3 is 16.4 Å². The van der Waals surface area contributed by atoms with Crippen molar-refractivity contribution >= 4 is 33.3 Å². The molecule has 150 valence electrons. The summed E-state index contributed by atoms with van der Waals surface area (Å²) in [6, 6.07) is 11.3. The van der Waals surface area contributed by atoms with Gasteiger partial charge >= 0.3 is 6.03 Å². The normalized spacial score (nSPS) is 12.1. The van der Waals surface area contributed by atoms with Gasteiger partial charge in [0.15, 0.2) is 0 Å². The number of rotatable bonds is 8. The summed E-state index contributed by atoms with van der Waals surface area (Å²) in [6.45, 7) is 3.63. The molecule has 0 aliphatic rings. The molecule has 28 heavy (non-hydrogen) atoms. The van der Waals surface area contributed by atoms with Crippen molar-refractivity contribution in [3.8, 4) is 0 Å². The van der Waals surface area contributed by atoms with Crippen molar-refractivity contribution in [3.63, 3.8) is 0 Å². The van der Waals surface area contributed by atoms with Crippen LogP contribution in [0.4, 0.5) is 16.2 Å². The standard InChI is InChI=1S/C19H24N4O4S/c1-3-7-16(22-19(20)25)18(24)21-14-11-10-13(2)17(12-14)23-28(26,27)15-8-5-4-6-9-15/h4-6,8-12,16,23H,3,7H2,1-2H3,(H,21,24)(H3,20,22,25). The largest absolute Gasteiger partial charge is 0.352 e. The average molecular weight is 404 g/mol. The van der Waals surface area contributed by atoms with Gasteiger partial charge in [-0.1, -0.05) is 37.6 Å². The zero-order chi connectivity index (χ0) is 20.7. The maximum absolute atomic E-state index is 12.5.